The first-order chi connectivity index (χ1) is 10.6. The first-order valence-electron chi connectivity index (χ1n) is 7.54. The summed E-state index contributed by atoms with van der Waals surface area (Å²) < 4.78 is 5.39. The number of piperidine rings is 1. The Bertz CT molecular complexity index is 636. The third-order valence-electron chi connectivity index (χ3n) is 4.16. The molecule has 0 bridgehead atoms. The van der Waals surface area contributed by atoms with E-state index in [-0.39, 0.29) is 0 Å². The highest BCUT2D eigenvalue weighted by atomic mass is 35.5. The molecule has 22 heavy (non-hydrogen) atoms. The lowest BCUT2D eigenvalue weighted by Gasteiger charge is -2.27. The van der Waals surface area contributed by atoms with E-state index < -0.39 is 0 Å². The number of nitrogens with zero attached hydrogens (tertiary/aromatic N) is 3. The number of rotatable bonds is 4. The van der Waals surface area contributed by atoms with Gasteiger partial charge in [0.15, 0.2) is 5.82 Å². The van der Waals surface area contributed by atoms with E-state index in [0.29, 0.717) is 28.2 Å². The van der Waals surface area contributed by atoms with Crippen LogP contribution in [0.1, 0.15) is 30.1 Å². The first kappa shape index (κ1) is 15.8. The third-order valence-corrected chi connectivity index (χ3v) is 4.90. The molecule has 118 valence electrons. The molecule has 0 unspecified atom stereocenters. The predicted molar refractivity (Wildman–Crippen MR) is 87.5 cm³/mol. The minimum atomic E-state index is 0.550. The Morgan fingerprint density at radius 1 is 1.23 bits per heavy atom. The van der Waals surface area contributed by atoms with Crippen molar-refractivity contribution in [1.29, 1.82) is 0 Å². The lowest BCUT2D eigenvalue weighted by Crippen LogP contribution is -2.30. The van der Waals surface area contributed by atoms with Gasteiger partial charge in [0.25, 0.3) is 0 Å². The minimum Gasteiger partial charge on any atom is -0.339 e. The highest BCUT2D eigenvalue weighted by Crippen LogP contribution is 2.24. The summed E-state index contributed by atoms with van der Waals surface area (Å²) in [6.07, 6.45) is 3.87. The Morgan fingerprint density at radius 2 is 2.00 bits per heavy atom. The monoisotopic (exact) mass is 339 g/mol. The van der Waals surface area contributed by atoms with Gasteiger partial charge in [0.05, 0.1) is 10.0 Å². The molecule has 1 fully saturated rings. The van der Waals surface area contributed by atoms with Crippen LogP contribution in [0.5, 0.6) is 0 Å². The second kappa shape index (κ2) is 6.99. The zero-order chi connectivity index (χ0) is 15.5. The van der Waals surface area contributed by atoms with Gasteiger partial charge in [0.2, 0.25) is 5.89 Å². The van der Waals surface area contributed by atoms with Crippen molar-refractivity contribution in [3.63, 3.8) is 0 Å². The Balaban J connectivity index is 1.60. The van der Waals surface area contributed by atoms with Crippen LogP contribution in [0.2, 0.25) is 10.0 Å². The van der Waals surface area contributed by atoms with E-state index in [1.54, 1.807) is 6.07 Å². The number of hydrogen-bond donors (Lipinski definition) is 0. The molecule has 4 nitrogen and oxygen atoms in total. The van der Waals surface area contributed by atoms with Crippen LogP contribution in [0.25, 0.3) is 0 Å². The van der Waals surface area contributed by atoms with E-state index in [0.717, 1.165) is 31.0 Å². The summed E-state index contributed by atoms with van der Waals surface area (Å²) in [5.41, 5.74) is 1.03. The third kappa shape index (κ3) is 4.00. The van der Waals surface area contributed by atoms with Crippen LogP contribution in [-0.2, 0) is 12.8 Å². The van der Waals surface area contributed by atoms with Crippen molar-refractivity contribution in [3.8, 4) is 0 Å². The second-order valence-corrected chi connectivity index (χ2v) is 6.79. The fraction of sp³-hybridized carbons (Fsp3) is 0.500. The Hall–Kier alpha value is -1.10. The average molecular weight is 340 g/mol. The summed E-state index contributed by atoms with van der Waals surface area (Å²) in [4.78, 5) is 6.86. The average Bonchev–Trinajstić information content (AvgIpc) is 2.93. The largest absolute Gasteiger partial charge is 0.339 e. The zero-order valence-corrected chi connectivity index (χ0v) is 14.1. The molecular formula is C16H19Cl2N3O. The van der Waals surface area contributed by atoms with E-state index >= 15 is 0 Å². The highest BCUT2D eigenvalue weighted by Gasteiger charge is 2.19. The smallest absolute Gasteiger partial charge is 0.226 e. The van der Waals surface area contributed by atoms with Crippen molar-refractivity contribution in [2.45, 2.75) is 25.7 Å². The van der Waals surface area contributed by atoms with Crippen LogP contribution < -0.4 is 0 Å². The maximum atomic E-state index is 6.03. The van der Waals surface area contributed by atoms with E-state index in [1.165, 1.54) is 12.8 Å². The van der Waals surface area contributed by atoms with E-state index in [4.69, 9.17) is 27.7 Å². The summed E-state index contributed by atoms with van der Waals surface area (Å²) in [6.45, 7) is 2.30. The minimum absolute atomic E-state index is 0.550. The molecule has 2 aromatic rings. The molecule has 0 aliphatic carbocycles. The lowest BCUT2D eigenvalue weighted by molar-refractivity contribution is 0.208. The van der Waals surface area contributed by atoms with Gasteiger partial charge in [0, 0.05) is 12.8 Å². The van der Waals surface area contributed by atoms with Crippen molar-refractivity contribution in [3.05, 3.63) is 45.5 Å². The standard InChI is InChI=1S/C16H19Cl2N3O/c1-21-6-4-11(5-7-21)10-16-19-15(20-22-16)9-12-2-3-13(17)14(18)8-12/h2-3,8,11H,4-7,9-10H2,1H3. The molecule has 0 amide bonds. The van der Waals surface area contributed by atoms with Gasteiger partial charge in [-0.05, 0) is 56.6 Å². The van der Waals surface area contributed by atoms with Gasteiger partial charge >= 0.3 is 0 Å². The topological polar surface area (TPSA) is 42.2 Å². The van der Waals surface area contributed by atoms with Gasteiger partial charge in [-0.2, -0.15) is 4.98 Å². The maximum Gasteiger partial charge on any atom is 0.226 e. The molecule has 0 N–H and O–H groups in total. The van der Waals surface area contributed by atoms with Crippen molar-refractivity contribution >= 4 is 23.2 Å². The molecule has 6 heteroatoms. The number of benzene rings is 1. The summed E-state index contributed by atoms with van der Waals surface area (Å²) >= 11 is 11.9. The molecule has 0 radical (unpaired) electrons. The number of likely N-dealkylation sites (tertiary alicyclic amines) is 1. The molecule has 3 rings (SSSR count). The first-order valence-corrected chi connectivity index (χ1v) is 8.29. The quantitative estimate of drug-likeness (QED) is 0.848. The molecule has 0 saturated carbocycles. The van der Waals surface area contributed by atoms with Crippen LogP contribution in [0.15, 0.2) is 22.7 Å². The molecule has 0 atom stereocenters. The van der Waals surface area contributed by atoms with Crippen molar-refractivity contribution in [1.82, 2.24) is 15.0 Å². The van der Waals surface area contributed by atoms with Crippen LogP contribution in [0, 0.1) is 5.92 Å². The lowest BCUT2D eigenvalue weighted by atomic mass is 9.94. The summed E-state index contributed by atoms with van der Waals surface area (Å²) in [6, 6.07) is 5.57. The summed E-state index contributed by atoms with van der Waals surface area (Å²) in [5.74, 6) is 2.08. The number of halogens is 2. The van der Waals surface area contributed by atoms with Gasteiger partial charge in [-0.15, -0.1) is 0 Å². The fourth-order valence-corrected chi connectivity index (χ4v) is 3.11. The normalized spacial score (nSPS) is 17.0. The van der Waals surface area contributed by atoms with Crippen LogP contribution >= 0.6 is 23.2 Å². The Labute approximate surface area is 140 Å². The van der Waals surface area contributed by atoms with Gasteiger partial charge in [-0.25, -0.2) is 0 Å². The molecule has 1 saturated heterocycles. The van der Waals surface area contributed by atoms with Crippen LogP contribution in [0.4, 0.5) is 0 Å². The zero-order valence-electron chi connectivity index (χ0n) is 12.6. The Morgan fingerprint density at radius 3 is 2.73 bits per heavy atom. The van der Waals surface area contributed by atoms with Gasteiger partial charge < -0.3 is 9.42 Å². The molecule has 1 aliphatic rings. The van der Waals surface area contributed by atoms with Gasteiger partial charge in [0.1, 0.15) is 0 Å². The molecule has 1 aromatic carbocycles. The van der Waals surface area contributed by atoms with Crippen molar-refractivity contribution < 1.29 is 4.52 Å². The Kier molecular flexibility index (Phi) is 5.01. The van der Waals surface area contributed by atoms with E-state index in [2.05, 4.69) is 22.1 Å². The number of hydrogen-bond acceptors (Lipinski definition) is 4. The molecule has 1 aromatic heterocycles. The molecule has 1 aliphatic heterocycles. The van der Waals surface area contributed by atoms with E-state index in [1.807, 2.05) is 12.1 Å². The van der Waals surface area contributed by atoms with Crippen LogP contribution in [0.3, 0.4) is 0 Å². The summed E-state index contributed by atoms with van der Waals surface area (Å²) in [5, 5.41) is 5.18. The highest BCUT2D eigenvalue weighted by molar-refractivity contribution is 6.42. The van der Waals surface area contributed by atoms with Crippen LogP contribution in [-0.4, -0.2) is 35.2 Å². The van der Waals surface area contributed by atoms with Crippen molar-refractivity contribution in [2.24, 2.45) is 5.92 Å². The van der Waals surface area contributed by atoms with E-state index in [9.17, 15) is 0 Å². The number of aromatic nitrogens is 2. The maximum absolute atomic E-state index is 6.03. The van der Waals surface area contributed by atoms with Gasteiger partial charge in [-0.1, -0.05) is 34.4 Å². The summed E-state index contributed by atoms with van der Waals surface area (Å²) in [7, 11) is 2.16. The SMILES string of the molecule is CN1CCC(Cc2nc(Cc3ccc(Cl)c(Cl)c3)no2)CC1. The molecular weight excluding hydrogens is 321 g/mol. The predicted octanol–water partition coefficient (Wildman–Crippen LogP) is 3.85. The fourth-order valence-electron chi connectivity index (χ4n) is 2.79. The molecule has 0 spiro atoms. The molecule has 2 heterocycles. The second-order valence-electron chi connectivity index (χ2n) is 5.98. The van der Waals surface area contributed by atoms with Crippen molar-refractivity contribution in [2.75, 3.05) is 20.1 Å². The van der Waals surface area contributed by atoms with Gasteiger partial charge in [-0.3, -0.25) is 0 Å².